The Morgan fingerprint density at radius 2 is 1.83 bits per heavy atom. The second-order valence-corrected chi connectivity index (χ2v) is 8.57. The highest BCUT2D eigenvalue weighted by Gasteiger charge is 2.21. The molecule has 1 atom stereocenters. The minimum atomic E-state index is -0.152. The monoisotopic (exact) mass is 427 g/mol. The fraction of sp³-hybridized carbons (Fsp3) is 0.304. The molecule has 2 aromatic carbocycles. The Labute approximate surface area is 181 Å². The summed E-state index contributed by atoms with van der Waals surface area (Å²) in [5, 5.41) is 2.62. The lowest BCUT2D eigenvalue weighted by Gasteiger charge is -2.11. The lowest BCUT2D eigenvalue weighted by atomic mass is 9.99. The highest BCUT2D eigenvalue weighted by Crippen LogP contribution is 2.27. The van der Waals surface area contributed by atoms with Crippen LogP contribution in [0.3, 0.4) is 0 Å². The first-order valence-corrected chi connectivity index (χ1v) is 11.0. The number of rotatable bonds is 9. The summed E-state index contributed by atoms with van der Waals surface area (Å²) in [6.07, 6.45) is 3.73. The molecule has 1 aliphatic rings. The van der Waals surface area contributed by atoms with Crippen molar-refractivity contribution in [2.45, 2.75) is 32.6 Å². The van der Waals surface area contributed by atoms with Crippen LogP contribution in [0.25, 0.3) is 6.08 Å². The second-order valence-electron chi connectivity index (χ2n) is 6.85. The van der Waals surface area contributed by atoms with Gasteiger partial charge < -0.3 is 14.8 Å². The molecule has 1 fully saturated rings. The summed E-state index contributed by atoms with van der Waals surface area (Å²) in [7, 11) is 0. The van der Waals surface area contributed by atoms with Gasteiger partial charge in [-0.15, -0.1) is 0 Å². The molecule has 152 valence electrons. The van der Waals surface area contributed by atoms with Crippen LogP contribution in [-0.2, 0) is 4.79 Å². The molecule has 2 aromatic rings. The molecular weight excluding hydrogens is 402 g/mol. The third-order valence-corrected chi connectivity index (χ3v) is 5.85. The first-order chi connectivity index (χ1) is 14.0. The summed E-state index contributed by atoms with van der Waals surface area (Å²) in [4.78, 5) is 12.4. The average Bonchev–Trinajstić information content (AvgIpc) is 3.04. The molecule has 1 heterocycles. The molecule has 0 aliphatic carbocycles. The summed E-state index contributed by atoms with van der Waals surface area (Å²) >= 11 is 6.28. The molecule has 6 heteroatoms. The Hall–Kier alpha value is -2.31. The van der Waals surface area contributed by atoms with E-state index in [1.54, 1.807) is 0 Å². The molecule has 4 nitrogen and oxygen atoms in total. The molecule has 0 spiro atoms. The zero-order chi connectivity index (χ0) is 20.6. The van der Waals surface area contributed by atoms with Crippen LogP contribution in [-0.4, -0.2) is 23.4 Å². The van der Waals surface area contributed by atoms with Gasteiger partial charge in [0.25, 0.3) is 5.91 Å². The third kappa shape index (κ3) is 6.34. The van der Waals surface area contributed by atoms with Crippen LogP contribution in [0.1, 0.15) is 43.7 Å². The van der Waals surface area contributed by atoms with Crippen molar-refractivity contribution in [2.24, 2.45) is 0 Å². The Morgan fingerprint density at radius 3 is 2.48 bits per heavy atom. The number of thioether (sulfide) groups is 1. The third-order valence-electron chi connectivity index (χ3n) is 4.69. The minimum absolute atomic E-state index is 0.152. The zero-order valence-corrected chi connectivity index (χ0v) is 18.3. The fourth-order valence-electron chi connectivity index (χ4n) is 2.83. The summed E-state index contributed by atoms with van der Waals surface area (Å²) < 4.78 is 12.1. The summed E-state index contributed by atoms with van der Waals surface area (Å²) in [5.74, 6) is 2.07. The van der Waals surface area contributed by atoms with E-state index < -0.39 is 0 Å². The largest absolute Gasteiger partial charge is 0.493 e. The lowest BCUT2D eigenvalue weighted by molar-refractivity contribution is -0.115. The Morgan fingerprint density at radius 1 is 1.10 bits per heavy atom. The van der Waals surface area contributed by atoms with Crippen LogP contribution in [0.15, 0.2) is 53.4 Å². The van der Waals surface area contributed by atoms with E-state index in [1.165, 1.54) is 17.3 Å². The summed E-state index contributed by atoms with van der Waals surface area (Å²) in [6, 6.07) is 16.0. The predicted molar refractivity (Wildman–Crippen MR) is 124 cm³/mol. The second kappa shape index (κ2) is 10.5. The van der Waals surface area contributed by atoms with E-state index in [-0.39, 0.29) is 5.91 Å². The van der Waals surface area contributed by atoms with Gasteiger partial charge in [-0.3, -0.25) is 4.79 Å². The van der Waals surface area contributed by atoms with E-state index in [2.05, 4.69) is 31.3 Å². The maximum Gasteiger partial charge on any atom is 0.263 e. The number of carbonyl (C=O) groups is 1. The Balaban J connectivity index is 1.43. The molecule has 1 N–H and O–H groups in total. The maximum atomic E-state index is 11.8. The van der Waals surface area contributed by atoms with Gasteiger partial charge in [-0.1, -0.05) is 62.1 Å². The van der Waals surface area contributed by atoms with Gasteiger partial charge in [-0.2, -0.15) is 0 Å². The SMILES string of the molecule is CC[C@@H](C)c1ccc(OCCCOc2cccc(/C=C3/SC(=S)NC3=O)c2)cc1. The van der Waals surface area contributed by atoms with Gasteiger partial charge in [0.05, 0.1) is 18.1 Å². The first-order valence-electron chi connectivity index (χ1n) is 9.75. The molecule has 29 heavy (non-hydrogen) atoms. The van der Waals surface area contributed by atoms with Crippen molar-refractivity contribution in [1.29, 1.82) is 0 Å². The van der Waals surface area contributed by atoms with Gasteiger partial charge in [-0.25, -0.2) is 0 Å². The van der Waals surface area contributed by atoms with E-state index in [9.17, 15) is 4.79 Å². The normalized spacial score (nSPS) is 16.0. The van der Waals surface area contributed by atoms with Crippen LogP contribution < -0.4 is 14.8 Å². The minimum Gasteiger partial charge on any atom is -0.493 e. The van der Waals surface area contributed by atoms with Gasteiger partial charge in [-0.05, 0) is 53.8 Å². The Bertz CT molecular complexity index is 893. The molecule has 1 saturated heterocycles. The predicted octanol–water partition coefficient (Wildman–Crippen LogP) is 5.54. The van der Waals surface area contributed by atoms with Crippen LogP contribution in [0.5, 0.6) is 11.5 Å². The number of amides is 1. The molecule has 0 radical (unpaired) electrons. The molecular formula is C23H25NO3S2. The zero-order valence-electron chi connectivity index (χ0n) is 16.6. The van der Waals surface area contributed by atoms with Gasteiger partial charge in [0.15, 0.2) is 0 Å². The van der Waals surface area contributed by atoms with Crippen molar-refractivity contribution in [3.8, 4) is 11.5 Å². The summed E-state index contributed by atoms with van der Waals surface area (Å²) in [6.45, 7) is 5.58. The van der Waals surface area contributed by atoms with Crippen LogP contribution >= 0.6 is 24.0 Å². The number of hydrogen-bond donors (Lipinski definition) is 1. The molecule has 1 aliphatic heterocycles. The van der Waals surface area contributed by atoms with E-state index in [0.29, 0.717) is 28.4 Å². The topological polar surface area (TPSA) is 47.6 Å². The number of ether oxygens (including phenoxy) is 2. The summed E-state index contributed by atoms with van der Waals surface area (Å²) in [5.41, 5.74) is 2.25. The lowest BCUT2D eigenvalue weighted by Crippen LogP contribution is -2.17. The standard InChI is InChI=1S/C23H25NO3S2/c1-3-16(2)18-8-10-19(11-9-18)26-12-5-13-27-20-7-4-6-17(14-20)15-21-22(25)24-23(28)29-21/h4,6-11,14-16H,3,5,12-13H2,1-2H3,(H,24,25,28)/b21-15+/t16-/m1/s1. The van der Waals surface area contributed by atoms with Crippen LogP contribution in [0, 0.1) is 0 Å². The highest BCUT2D eigenvalue weighted by atomic mass is 32.2. The molecule has 0 unspecified atom stereocenters. The van der Waals surface area contributed by atoms with Crippen molar-refractivity contribution in [3.63, 3.8) is 0 Å². The number of benzene rings is 2. The number of carbonyl (C=O) groups excluding carboxylic acids is 1. The van der Waals surface area contributed by atoms with Crippen LogP contribution in [0.4, 0.5) is 0 Å². The molecule has 0 aromatic heterocycles. The Kier molecular flexibility index (Phi) is 7.72. The molecule has 3 rings (SSSR count). The number of thiocarbonyl (C=S) groups is 1. The quantitative estimate of drug-likeness (QED) is 0.324. The highest BCUT2D eigenvalue weighted by molar-refractivity contribution is 8.26. The number of hydrogen-bond acceptors (Lipinski definition) is 5. The fourth-order valence-corrected chi connectivity index (χ4v) is 3.88. The van der Waals surface area contributed by atoms with Crippen molar-refractivity contribution < 1.29 is 14.3 Å². The van der Waals surface area contributed by atoms with Crippen LogP contribution in [0.2, 0.25) is 0 Å². The van der Waals surface area contributed by atoms with Gasteiger partial charge in [0, 0.05) is 6.42 Å². The molecule has 0 saturated carbocycles. The van der Waals surface area contributed by atoms with E-state index >= 15 is 0 Å². The average molecular weight is 428 g/mol. The number of nitrogens with one attached hydrogen (secondary N) is 1. The van der Waals surface area contributed by atoms with Gasteiger partial charge >= 0.3 is 0 Å². The smallest absolute Gasteiger partial charge is 0.263 e. The van der Waals surface area contributed by atoms with E-state index in [4.69, 9.17) is 21.7 Å². The maximum absolute atomic E-state index is 11.8. The molecule has 0 bridgehead atoms. The van der Waals surface area contributed by atoms with Crippen molar-refractivity contribution in [2.75, 3.05) is 13.2 Å². The van der Waals surface area contributed by atoms with Gasteiger partial charge in [0.1, 0.15) is 15.8 Å². The van der Waals surface area contributed by atoms with Gasteiger partial charge in [0.2, 0.25) is 0 Å². The van der Waals surface area contributed by atoms with E-state index in [0.717, 1.165) is 29.9 Å². The van der Waals surface area contributed by atoms with Crippen molar-refractivity contribution in [1.82, 2.24) is 5.32 Å². The van der Waals surface area contributed by atoms with Crippen molar-refractivity contribution >= 4 is 40.3 Å². The first kappa shape index (κ1) is 21.4. The van der Waals surface area contributed by atoms with Crippen molar-refractivity contribution in [3.05, 3.63) is 64.6 Å². The van der Waals surface area contributed by atoms with E-state index in [1.807, 2.05) is 42.5 Å². The molecule has 1 amide bonds.